The Balaban J connectivity index is 1.90. The maximum Gasteiger partial charge on any atom is 0.132 e. The molecule has 118 valence electrons. The lowest BCUT2D eigenvalue weighted by Crippen LogP contribution is -2.55. The molecule has 0 saturated carbocycles. The van der Waals surface area contributed by atoms with Crippen molar-refractivity contribution in [3.8, 4) is 5.75 Å². The van der Waals surface area contributed by atoms with E-state index in [0.717, 1.165) is 11.3 Å². The summed E-state index contributed by atoms with van der Waals surface area (Å²) in [4.78, 5) is 0. The summed E-state index contributed by atoms with van der Waals surface area (Å²) in [6.07, 6.45) is -3.82. The Morgan fingerprint density at radius 1 is 1.10 bits per heavy atom. The number of ether oxygens (including phenoxy) is 2. The molecule has 1 aromatic rings. The predicted octanol–water partition coefficient (Wildman–Crippen LogP) is 1.15. The monoisotopic (exact) mass is 314 g/mol. The first-order valence-electron chi connectivity index (χ1n) is 7.06. The van der Waals surface area contributed by atoms with Crippen LogP contribution in [0.3, 0.4) is 0 Å². The summed E-state index contributed by atoms with van der Waals surface area (Å²) in [6, 6.07) is 7.72. The molecular formula is C15H22O5S. The highest BCUT2D eigenvalue weighted by Crippen LogP contribution is 2.30. The number of rotatable bonds is 5. The van der Waals surface area contributed by atoms with Gasteiger partial charge in [0.2, 0.25) is 0 Å². The van der Waals surface area contributed by atoms with Gasteiger partial charge in [-0.1, -0.05) is 12.1 Å². The number of hydrogen-bond donors (Lipinski definition) is 3. The third-order valence-electron chi connectivity index (χ3n) is 3.46. The average Bonchev–Trinajstić information content (AvgIpc) is 2.49. The zero-order valence-electron chi connectivity index (χ0n) is 12.2. The number of thioether (sulfide) groups is 1. The van der Waals surface area contributed by atoms with E-state index < -0.39 is 29.9 Å². The summed E-state index contributed by atoms with van der Waals surface area (Å²) in [7, 11) is 0. The molecule has 1 aliphatic heterocycles. The minimum atomic E-state index is -1.17. The molecule has 0 spiro atoms. The Kier molecular flexibility index (Phi) is 5.89. The molecule has 0 aliphatic carbocycles. The van der Waals surface area contributed by atoms with E-state index in [0.29, 0.717) is 12.4 Å². The van der Waals surface area contributed by atoms with Gasteiger partial charge in [-0.3, -0.25) is 0 Å². The van der Waals surface area contributed by atoms with E-state index >= 15 is 0 Å². The Morgan fingerprint density at radius 3 is 2.38 bits per heavy atom. The Morgan fingerprint density at radius 2 is 1.76 bits per heavy atom. The minimum absolute atomic E-state index is 0.499. The lowest BCUT2D eigenvalue weighted by atomic mass is 10.0. The molecule has 1 saturated heterocycles. The molecule has 1 fully saturated rings. The number of aliphatic hydroxyl groups is 3. The topological polar surface area (TPSA) is 79.2 Å². The van der Waals surface area contributed by atoms with Crippen LogP contribution in [0.4, 0.5) is 0 Å². The van der Waals surface area contributed by atoms with Crippen molar-refractivity contribution in [2.45, 2.75) is 49.5 Å². The largest absolute Gasteiger partial charge is 0.494 e. The highest BCUT2D eigenvalue weighted by molar-refractivity contribution is 7.99. The van der Waals surface area contributed by atoms with Gasteiger partial charge < -0.3 is 24.8 Å². The van der Waals surface area contributed by atoms with E-state index in [2.05, 4.69) is 0 Å². The van der Waals surface area contributed by atoms with Crippen molar-refractivity contribution in [1.29, 1.82) is 0 Å². The maximum atomic E-state index is 9.94. The van der Waals surface area contributed by atoms with Gasteiger partial charge >= 0.3 is 0 Å². The SMILES string of the molecule is CCOc1ccc(CS[C@@H]2O[C@@H](C)[C@@H](O)[C@@H](O)[C@@H]2O)cc1. The predicted molar refractivity (Wildman–Crippen MR) is 81.3 cm³/mol. The number of aliphatic hydroxyl groups excluding tert-OH is 3. The van der Waals surface area contributed by atoms with Crippen LogP contribution in [-0.2, 0) is 10.5 Å². The molecule has 1 aromatic carbocycles. The minimum Gasteiger partial charge on any atom is -0.494 e. The summed E-state index contributed by atoms with van der Waals surface area (Å²) >= 11 is 1.40. The fraction of sp³-hybridized carbons (Fsp3) is 0.600. The molecule has 0 aromatic heterocycles. The zero-order valence-corrected chi connectivity index (χ0v) is 13.0. The van der Waals surface area contributed by atoms with Gasteiger partial charge in [0.25, 0.3) is 0 Å². The van der Waals surface area contributed by atoms with Crippen molar-refractivity contribution in [2.75, 3.05) is 6.61 Å². The first-order valence-corrected chi connectivity index (χ1v) is 8.10. The maximum absolute atomic E-state index is 9.94. The van der Waals surface area contributed by atoms with Crippen LogP contribution in [0, 0.1) is 0 Å². The fourth-order valence-corrected chi connectivity index (χ4v) is 3.34. The van der Waals surface area contributed by atoms with Gasteiger partial charge in [-0.2, -0.15) is 0 Å². The molecule has 0 bridgehead atoms. The second-order valence-electron chi connectivity index (χ2n) is 5.07. The van der Waals surface area contributed by atoms with Gasteiger partial charge in [-0.05, 0) is 31.5 Å². The number of benzene rings is 1. The molecule has 0 radical (unpaired) electrons. The average molecular weight is 314 g/mol. The van der Waals surface area contributed by atoms with Gasteiger partial charge in [0.1, 0.15) is 29.5 Å². The van der Waals surface area contributed by atoms with E-state index in [-0.39, 0.29) is 0 Å². The molecule has 21 heavy (non-hydrogen) atoms. The van der Waals surface area contributed by atoms with Crippen LogP contribution in [0.1, 0.15) is 19.4 Å². The van der Waals surface area contributed by atoms with E-state index in [4.69, 9.17) is 9.47 Å². The van der Waals surface area contributed by atoms with E-state index in [1.807, 2.05) is 31.2 Å². The van der Waals surface area contributed by atoms with Gasteiger partial charge in [0.05, 0.1) is 12.7 Å². The summed E-state index contributed by atoms with van der Waals surface area (Å²) in [5.41, 5.74) is 0.525. The number of hydrogen-bond acceptors (Lipinski definition) is 6. The van der Waals surface area contributed by atoms with Crippen LogP contribution in [-0.4, -0.2) is 51.8 Å². The van der Waals surface area contributed by atoms with Crippen molar-refractivity contribution < 1.29 is 24.8 Å². The first kappa shape index (κ1) is 16.6. The normalized spacial score (nSPS) is 32.9. The van der Waals surface area contributed by atoms with Crippen LogP contribution in [0.2, 0.25) is 0 Å². The fourth-order valence-electron chi connectivity index (χ4n) is 2.18. The Labute approximate surface area is 128 Å². The van der Waals surface area contributed by atoms with Gasteiger partial charge in [0.15, 0.2) is 0 Å². The quantitative estimate of drug-likeness (QED) is 0.756. The Hall–Kier alpha value is -0.790. The third-order valence-corrected chi connectivity index (χ3v) is 4.68. The summed E-state index contributed by atoms with van der Waals surface area (Å²) in [6.45, 7) is 4.25. The van der Waals surface area contributed by atoms with Crippen LogP contribution >= 0.6 is 11.8 Å². The lowest BCUT2D eigenvalue weighted by Gasteiger charge is -2.39. The smallest absolute Gasteiger partial charge is 0.132 e. The standard InChI is InChI=1S/C15H22O5S/c1-3-19-11-6-4-10(5-7-11)8-21-15-14(18)13(17)12(16)9(2)20-15/h4-7,9,12-18H,3,8H2,1-2H3/t9-,12+,13+,14-,15-/m0/s1. The van der Waals surface area contributed by atoms with Crippen LogP contribution in [0.5, 0.6) is 5.75 Å². The summed E-state index contributed by atoms with van der Waals surface area (Å²) in [5.74, 6) is 1.47. The van der Waals surface area contributed by atoms with E-state index in [1.54, 1.807) is 6.92 Å². The second-order valence-corrected chi connectivity index (χ2v) is 6.16. The highest BCUT2D eigenvalue weighted by Gasteiger charge is 2.41. The summed E-state index contributed by atoms with van der Waals surface area (Å²) < 4.78 is 10.9. The highest BCUT2D eigenvalue weighted by atomic mass is 32.2. The van der Waals surface area contributed by atoms with Crippen LogP contribution in [0.25, 0.3) is 0 Å². The van der Waals surface area contributed by atoms with Gasteiger partial charge in [-0.15, -0.1) is 11.8 Å². The van der Waals surface area contributed by atoms with Crippen molar-refractivity contribution in [3.05, 3.63) is 29.8 Å². The van der Waals surface area contributed by atoms with Gasteiger partial charge in [0, 0.05) is 5.75 Å². The molecule has 0 unspecified atom stereocenters. The second kappa shape index (κ2) is 7.47. The molecule has 2 rings (SSSR count). The van der Waals surface area contributed by atoms with Crippen LogP contribution in [0.15, 0.2) is 24.3 Å². The third kappa shape index (κ3) is 4.11. The molecule has 3 N–H and O–H groups in total. The van der Waals surface area contributed by atoms with Crippen molar-refractivity contribution >= 4 is 11.8 Å². The van der Waals surface area contributed by atoms with Gasteiger partial charge in [-0.25, -0.2) is 0 Å². The summed E-state index contributed by atoms with van der Waals surface area (Å²) in [5, 5.41) is 29.4. The lowest BCUT2D eigenvalue weighted by molar-refractivity contribution is -0.192. The Bertz CT molecular complexity index is 438. The molecular weight excluding hydrogens is 292 g/mol. The molecule has 5 nitrogen and oxygen atoms in total. The molecule has 1 aliphatic rings. The van der Waals surface area contributed by atoms with Crippen LogP contribution < -0.4 is 4.74 Å². The van der Waals surface area contributed by atoms with E-state index in [9.17, 15) is 15.3 Å². The zero-order chi connectivity index (χ0) is 15.4. The van der Waals surface area contributed by atoms with E-state index in [1.165, 1.54) is 11.8 Å². The molecule has 6 heteroatoms. The molecule has 0 amide bonds. The first-order chi connectivity index (χ1) is 10.0. The van der Waals surface area contributed by atoms with Crippen molar-refractivity contribution in [2.24, 2.45) is 0 Å². The van der Waals surface area contributed by atoms with Crippen molar-refractivity contribution in [1.82, 2.24) is 0 Å². The molecule has 5 atom stereocenters. The van der Waals surface area contributed by atoms with Crippen molar-refractivity contribution in [3.63, 3.8) is 0 Å². The molecule has 1 heterocycles.